The van der Waals surface area contributed by atoms with Gasteiger partial charge in [0.25, 0.3) is 0 Å². The Kier molecular flexibility index (Phi) is 7.25. The summed E-state index contributed by atoms with van der Waals surface area (Å²) < 4.78 is 1.96. The maximum Gasteiger partial charge on any atom is 0.336 e. The number of unbranched alkanes of at least 4 members (excludes halogenated alkanes) is 2. The molecule has 5 nitrogen and oxygen atoms in total. The van der Waals surface area contributed by atoms with Crippen LogP contribution in [0.2, 0.25) is 0 Å². The monoisotopic (exact) mass is 407 g/mol. The van der Waals surface area contributed by atoms with Crippen molar-refractivity contribution < 1.29 is 9.90 Å². The number of carboxylic acid groups (broad SMARTS) is 1. The van der Waals surface area contributed by atoms with E-state index in [1.165, 1.54) is 12.8 Å². The summed E-state index contributed by atoms with van der Waals surface area (Å²) >= 11 is 4.96. The number of aromatic carboxylic acids is 1. The minimum atomic E-state index is -0.921. The smallest absolute Gasteiger partial charge is 0.336 e. The second-order valence-corrected chi connectivity index (χ2v) is 7.31. The van der Waals surface area contributed by atoms with Crippen LogP contribution in [-0.2, 0) is 19.4 Å². The van der Waals surface area contributed by atoms with Crippen molar-refractivity contribution in [3.8, 4) is 11.1 Å². The number of rotatable bonds is 10. The van der Waals surface area contributed by atoms with Crippen molar-refractivity contribution in [3.63, 3.8) is 0 Å². The highest BCUT2D eigenvalue weighted by atomic mass is 32.1. The Morgan fingerprint density at radius 1 is 1.14 bits per heavy atom. The molecule has 29 heavy (non-hydrogen) atoms. The number of thiocarbonyl (C=S) groups is 1. The maximum absolute atomic E-state index is 11.5. The molecule has 0 spiro atoms. The van der Waals surface area contributed by atoms with Gasteiger partial charge in [0.1, 0.15) is 5.82 Å². The average Bonchev–Trinajstić information content (AvgIpc) is 3.10. The zero-order valence-corrected chi connectivity index (χ0v) is 17.4. The zero-order chi connectivity index (χ0) is 20.6. The Morgan fingerprint density at radius 3 is 2.59 bits per heavy atom. The molecule has 2 aromatic carbocycles. The van der Waals surface area contributed by atoms with E-state index in [1.807, 2.05) is 41.1 Å². The van der Waals surface area contributed by atoms with Crippen molar-refractivity contribution in [1.82, 2.24) is 14.8 Å². The van der Waals surface area contributed by atoms with E-state index in [1.54, 1.807) is 17.5 Å². The first-order chi connectivity index (χ1) is 14.1. The molecular weight excluding hydrogens is 382 g/mol. The van der Waals surface area contributed by atoms with Crippen LogP contribution in [0.1, 0.15) is 53.8 Å². The molecular formula is C23H25N3O2S. The molecule has 3 aromatic rings. The molecule has 0 aliphatic rings. The van der Waals surface area contributed by atoms with Crippen molar-refractivity contribution in [2.24, 2.45) is 0 Å². The van der Waals surface area contributed by atoms with E-state index in [0.717, 1.165) is 41.2 Å². The van der Waals surface area contributed by atoms with Crippen molar-refractivity contribution in [1.29, 1.82) is 0 Å². The van der Waals surface area contributed by atoms with Crippen LogP contribution in [0.15, 0.2) is 48.5 Å². The van der Waals surface area contributed by atoms with Gasteiger partial charge in [-0.05, 0) is 34.5 Å². The van der Waals surface area contributed by atoms with Gasteiger partial charge in [-0.15, -0.1) is 0 Å². The third-order valence-electron chi connectivity index (χ3n) is 4.82. The molecule has 3 rings (SSSR count). The molecule has 1 heterocycles. The largest absolute Gasteiger partial charge is 0.478 e. The molecule has 0 bridgehead atoms. The van der Waals surface area contributed by atoms with Crippen LogP contribution in [-0.4, -0.2) is 31.2 Å². The maximum atomic E-state index is 11.5. The van der Waals surface area contributed by atoms with Crippen molar-refractivity contribution in [2.45, 2.75) is 45.6 Å². The number of benzene rings is 2. The fourth-order valence-electron chi connectivity index (χ4n) is 3.32. The van der Waals surface area contributed by atoms with Gasteiger partial charge in [-0.1, -0.05) is 74.4 Å². The highest BCUT2D eigenvalue weighted by Crippen LogP contribution is 2.24. The highest BCUT2D eigenvalue weighted by molar-refractivity contribution is 7.78. The van der Waals surface area contributed by atoms with Gasteiger partial charge in [0, 0.05) is 12.8 Å². The van der Waals surface area contributed by atoms with Gasteiger partial charge in [0.05, 0.1) is 12.1 Å². The van der Waals surface area contributed by atoms with Gasteiger partial charge in [-0.3, -0.25) is 0 Å². The fraction of sp³-hybridized carbons (Fsp3) is 0.304. The average molecular weight is 408 g/mol. The van der Waals surface area contributed by atoms with Gasteiger partial charge in [0.15, 0.2) is 5.82 Å². The number of nitrogens with zero attached hydrogens (tertiary/aromatic N) is 3. The molecule has 6 heteroatoms. The van der Waals surface area contributed by atoms with Crippen LogP contribution < -0.4 is 0 Å². The van der Waals surface area contributed by atoms with Crippen LogP contribution >= 0.6 is 12.2 Å². The van der Waals surface area contributed by atoms with E-state index in [2.05, 4.69) is 17.0 Å². The zero-order valence-electron chi connectivity index (χ0n) is 16.5. The Bertz CT molecular complexity index is 980. The minimum Gasteiger partial charge on any atom is -0.478 e. The third kappa shape index (κ3) is 5.35. The number of aromatic nitrogens is 3. The fourth-order valence-corrected chi connectivity index (χ4v) is 3.46. The topological polar surface area (TPSA) is 68.0 Å². The molecule has 0 unspecified atom stereocenters. The molecule has 0 radical (unpaired) electrons. The Labute approximate surface area is 176 Å². The third-order valence-corrected chi connectivity index (χ3v) is 4.98. The molecule has 0 aliphatic heterocycles. The van der Waals surface area contributed by atoms with Crippen molar-refractivity contribution >= 4 is 23.6 Å². The first-order valence-corrected chi connectivity index (χ1v) is 10.4. The SMILES string of the molecule is CCCCCc1nc(CC=S)nn1Cc1ccc(-c2ccccc2C(=O)O)cc1. The Morgan fingerprint density at radius 2 is 1.90 bits per heavy atom. The summed E-state index contributed by atoms with van der Waals surface area (Å²) in [5.74, 6) is 0.833. The Hall–Kier alpha value is -2.86. The number of aryl methyl sites for hydroxylation is 1. The molecule has 1 N–H and O–H groups in total. The van der Waals surface area contributed by atoms with E-state index in [4.69, 9.17) is 12.2 Å². The molecule has 150 valence electrons. The molecule has 0 saturated heterocycles. The van der Waals surface area contributed by atoms with E-state index in [0.29, 0.717) is 18.5 Å². The summed E-state index contributed by atoms with van der Waals surface area (Å²) in [4.78, 5) is 16.1. The predicted molar refractivity (Wildman–Crippen MR) is 119 cm³/mol. The lowest BCUT2D eigenvalue weighted by Gasteiger charge is -2.09. The van der Waals surface area contributed by atoms with Gasteiger partial charge in [-0.2, -0.15) is 5.10 Å². The van der Waals surface area contributed by atoms with E-state index in [-0.39, 0.29) is 0 Å². The van der Waals surface area contributed by atoms with Crippen molar-refractivity contribution in [2.75, 3.05) is 0 Å². The predicted octanol–water partition coefficient (Wildman–Crippen LogP) is 4.97. The molecule has 0 amide bonds. The lowest BCUT2D eigenvalue weighted by molar-refractivity contribution is 0.0697. The van der Waals surface area contributed by atoms with E-state index in [9.17, 15) is 9.90 Å². The molecule has 0 atom stereocenters. The highest BCUT2D eigenvalue weighted by Gasteiger charge is 2.12. The summed E-state index contributed by atoms with van der Waals surface area (Å²) in [7, 11) is 0. The van der Waals surface area contributed by atoms with Crippen LogP contribution in [0.4, 0.5) is 0 Å². The Balaban J connectivity index is 1.81. The summed E-state index contributed by atoms with van der Waals surface area (Å²) in [6.45, 7) is 2.82. The van der Waals surface area contributed by atoms with E-state index < -0.39 is 5.97 Å². The summed E-state index contributed by atoms with van der Waals surface area (Å²) in [5.41, 5.74) is 3.00. The number of hydrogen-bond acceptors (Lipinski definition) is 4. The standard InChI is InChI=1S/C23H25N3O2S/c1-2-3-4-9-22-24-21(14-15-29)25-26(22)16-17-10-12-18(13-11-17)19-7-5-6-8-20(19)23(27)28/h5-8,10-13,15H,2-4,9,14,16H2,1H3,(H,27,28). The lowest BCUT2D eigenvalue weighted by atomic mass is 9.99. The lowest BCUT2D eigenvalue weighted by Crippen LogP contribution is -2.07. The molecule has 0 saturated carbocycles. The first kappa shape index (κ1) is 20.9. The van der Waals surface area contributed by atoms with Crippen LogP contribution in [0.5, 0.6) is 0 Å². The molecule has 1 aromatic heterocycles. The molecule has 0 aliphatic carbocycles. The summed E-state index contributed by atoms with van der Waals surface area (Å²) in [6.07, 6.45) is 4.93. The van der Waals surface area contributed by atoms with E-state index >= 15 is 0 Å². The van der Waals surface area contributed by atoms with Gasteiger partial charge < -0.3 is 5.11 Å². The normalized spacial score (nSPS) is 10.8. The van der Waals surface area contributed by atoms with Crippen LogP contribution in [0.25, 0.3) is 11.1 Å². The minimum absolute atomic E-state index is 0.305. The van der Waals surface area contributed by atoms with Crippen LogP contribution in [0.3, 0.4) is 0 Å². The first-order valence-electron chi connectivity index (χ1n) is 9.90. The van der Waals surface area contributed by atoms with Crippen LogP contribution in [0, 0.1) is 0 Å². The van der Waals surface area contributed by atoms with Crippen molar-refractivity contribution in [3.05, 3.63) is 71.3 Å². The summed E-state index contributed by atoms with van der Waals surface area (Å²) in [6, 6.07) is 15.0. The van der Waals surface area contributed by atoms with Gasteiger partial charge in [-0.25, -0.2) is 14.5 Å². The quantitative estimate of drug-likeness (QED) is 0.380. The number of carboxylic acids is 1. The number of carbonyl (C=O) groups is 1. The number of hydrogen-bond donors (Lipinski definition) is 1. The second-order valence-electron chi connectivity index (χ2n) is 6.98. The van der Waals surface area contributed by atoms with Gasteiger partial charge in [0.2, 0.25) is 0 Å². The summed E-state index contributed by atoms with van der Waals surface area (Å²) in [5, 5.41) is 15.7. The van der Waals surface area contributed by atoms with Gasteiger partial charge >= 0.3 is 5.97 Å². The molecule has 0 fully saturated rings. The second kappa shape index (κ2) is 10.1.